The fraction of sp³-hybridized carbons (Fsp3) is 0.429. The Morgan fingerprint density at radius 1 is 1.32 bits per heavy atom. The minimum Gasteiger partial charge on any atom is -0.384 e. The van der Waals surface area contributed by atoms with Gasteiger partial charge in [0.1, 0.15) is 0 Å². The normalized spacial score (nSPS) is 24.9. The number of hydrogen-bond donors (Lipinski definition) is 2. The molecule has 1 saturated heterocycles. The van der Waals surface area contributed by atoms with Crippen molar-refractivity contribution < 1.29 is 9.59 Å². The molecule has 0 aliphatic carbocycles. The van der Waals surface area contributed by atoms with Gasteiger partial charge in [-0.25, -0.2) is 0 Å². The molecule has 0 bridgehead atoms. The fourth-order valence-corrected chi connectivity index (χ4v) is 2.92. The second-order valence-corrected chi connectivity index (χ2v) is 5.19. The molecule has 3 rings (SSSR count). The highest BCUT2D eigenvalue weighted by Gasteiger charge is 2.36. The first kappa shape index (κ1) is 12.0. The van der Waals surface area contributed by atoms with Crippen molar-refractivity contribution in [3.63, 3.8) is 0 Å². The molecule has 1 aromatic rings. The molecule has 5 nitrogen and oxygen atoms in total. The summed E-state index contributed by atoms with van der Waals surface area (Å²) in [5.74, 6) is -0.530. The van der Waals surface area contributed by atoms with Crippen molar-refractivity contribution in [3.05, 3.63) is 29.8 Å². The van der Waals surface area contributed by atoms with Crippen molar-refractivity contribution in [1.82, 2.24) is 4.90 Å². The van der Waals surface area contributed by atoms with Crippen molar-refractivity contribution >= 4 is 17.5 Å². The van der Waals surface area contributed by atoms with Crippen LogP contribution >= 0.6 is 0 Å². The van der Waals surface area contributed by atoms with Crippen LogP contribution in [0.2, 0.25) is 0 Å². The van der Waals surface area contributed by atoms with E-state index in [4.69, 9.17) is 5.73 Å². The fourth-order valence-electron chi connectivity index (χ4n) is 2.92. The van der Waals surface area contributed by atoms with E-state index in [0.29, 0.717) is 26.1 Å². The molecular weight excluding hydrogens is 242 g/mol. The van der Waals surface area contributed by atoms with Gasteiger partial charge in [0.25, 0.3) is 0 Å². The van der Waals surface area contributed by atoms with Crippen molar-refractivity contribution in [2.24, 2.45) is 11.7 Å². The number of likely N-dealkylation sites (tertiary alicyclic amines) is 1. The number of primary amides is 1. The highest BCUT2D eigenvalue weighted by molar-refractivity contribution is 5.89. The highest BCUT2D eigenvalue weighted by Crippen LogP contribution is 2.33. The molecule has 2 unspecified atom stereocenters. The lowest BCUT2D eigenvalue weighted by Gasteiger charge is -2.20. The number of carbonyl (C=O) groups is 2. The molecule has 2 aliphatic rings. The molecule has 1 aromatic carbocycles. The molecule has 0 aromatic heterocycles. The van der Waals surface area contributed by atoms with Crippen molar-refractivity contribution in [2.75, 3.05) is 25.0 Å². The summed E-state index contributed by atoms with van der Waals surface area (Å²) in [6.07, 6.45) is 0.683. The molecule has 100 valence electrons. The second kappa shape index (κ2) is 4.57. The first-order chi connectivity index (χ1) is 9.16. The van der Waals surface area contributed by atoms with E-state index < -0.39 is 0 Å². The Morgan fingerprint density at radius 3 is 2.84 bits per heavy atom. The first-order valence-electron chi connectivity index (χ1n) is 6.57. The molecule has 2 heterocycles. The maximum absolute atomic E-state index is 12.5. The molecule has 2 amide bonds. The van der Waals surface area contributed by atoms with Gasteiger partial charge >= 0.3 is 0 Å². The summed E-state index contributed by atoms with van der Waals surface area (Å²) < 4.78 is 0. The Kier molecular flexibility index (Phi) is 2.89. The van der Waals surface area contributed by atoms with Gasteiger partial charge in [-0.3, -0.25) is 9.59 Å². The number of anilines is 1. The minimum absolute atomic E-state index is 0.0983. The number of amides is 2. The molecule has 0 saturated carbocycles. The van der Waals surface area contributed by atoms with E-state index in [1.807, 2.05) is 24.3 Å². The van der Waals surface area contributed by atoms with Crippen LogP contribution in [-0.2, 0) is 9.59 Å². The van der Waals surface area contributed by atoms with Crippen LogP contribution in [0.15, 0.2) is 24.3 Å². The number of rotatable bonds is 2. The molecule has 0 spiro atoms. The van der Waals surface area contributed by atoms with Crippen LogP contribution in [-0.4, -0.2) is 36.3 Å². The van der Waals surface area contributed by atoms with E-state index in [1.165, 1.54) is 0 Å². The number of para-hydroxylation sites is 1. The van der Waals surface area contributed by atoms with Crippen LogP contribution in [0.1, 0.15) is 17.9 Å². The van der Waals surface area contributed by atoms with Crippen molar-refractivity contribution in [2.45, 2.75) is 12.3 Å². The Morgan fingerprint density at radius 2 is 2.11 bits per heavy atom. The second-order valence-electron chi connectivity index (χ2n) is 5.19. The summed E-state index contributed by atoms with van der Waals surface area (Å²) in [5.41, 5.74) is 7.39. The van der Waals surface area contributed by atoms with Gasteiger partial charge in [-0.2, -0.15) is 0 Å². The maximum atomic E-state index is 12.5. The number of nitrogens with one attached hydrogen (secondary N) is 1. The summed E-state index contributed by atoms with van der Waals surface area (Å²) in [7, 11) is 0. The third-order valence-corrected chi connectivity index (χ3v) is 4.03. The zero-order valence-electron chi connectivity index (χ0n) is 10.6. The molecule has 1 fully saturated rings. The summed E-state index contributed by atoms with van der Waals surface area (Å²) in [6.45, 7) is 1.73. The van der Waals surface area contributed by atoms with Gasteiger partial charge in [0, 0.05) is 25.3 Å². The molecule has 5 heteroatoms. The van der Waals surface area contributed by atoms with Gasteiger partial charge in [0.2, 0.25) is 11.8 Å². The van der Waals surface area contributed by atoms with E-state index >= 15 is 0 Å². The van der Waals surface area contributed by atoms with E-state index in [1.54, 1.807) is 4.90 Å². The van der Waals surface area contributed by atoms with E-state index in [2.05, 4.69) is 5.32 Å². The Balaban J connectivity index is 1.74. The lowest BCUT2D eigenvalue weighted by Crippen LogP contribution is -2.35. The van der Waals surface area contributed by atoms with Crippen LogP contribution in [0.25, 0.3) is 0 Å². The van der Waals surface area contributed by atoms with Crippen molar-refractivity contribution in [3.8, 4) is 0 Å². The summed E-state index contributed by atoms with van der Waals surface area (Å²) in [5, 5.41) is 3.25. The first-order valence-corrected chi connectivity index (χ1v) is 6.57. The molecule has 2 aliphatic heterocycles. The molecule has 19 heavy (non-hydrogen) atoms. The van der Waals surface area contributed by atoms with E-state index in [0.717, 1.165) is 11.3 Å². The zero-order chi connectivity index (χ0) is 13.4. The van der Waals surface area contributed by atoms with Gasteiger partial charge in [-0.05, 0) is 18.1 Å². The minimum atomic E-state index is -0.305. The van der Waals surface area contributed by atoms with E-state index in [-0.39, 0.29) is 23.7 Å². The number of hydrogen-bond acceptors (Lipinski definition) is 3. The predicted octanol–water partition coefficient (Wildman–Crippen LogP) is 0.529. The number of nitrogens with two attached hydrogens (primary N) is 1. The Bertz CT molecular complexity index is 529. The molecular formula is C14H17N3O2. The number of benzene rings is 1. The molecule has 3 N–H and O–H groups in total. The topological polar surface area (TPSA) is 75.4 Å². The summed E-state index contributed by atoms with van der Waals surface area (Å²) >= 11 is 0. The largest absolute Gasteiger partial charge is 0.384 e. The highest BCUT2D eigenvalue weighted by atomic mass is 16.2. The van der Waals surface area contributed by atoms with Crippen LogP contribution in [0, 0.1) is 5.92 Å². The van der Waals surface area contributed by atoms with Gasteiger partial charge in [0.15, 0.2) is 0 Å². The third-order valence-electron chi connectivity index (χ3n) is 4.03. The van der Waals surface area contributed by atoms with Gasteiger partial charge in [-0.1, -0.05) is 18.2 Å². The predicted molar refractivity (Wildman–Crippen MR) is 71.6 cm³/mol. The lowest BCUT2D eigenvalue weighted by atomic mass is 10.00. The zero-order valence-corrected chi connectivity index (χ0v) is 10.6. The standard InChI is InChI=1S/C14H17N3O2/c15-13(18)9-5-6-17(8-9)14(19)11-7-16-12-4-2-1-3-10(11)12/h1-4,9,11,16H,5-8H2,(H2,15,18). The van der Waals surface area contributed by atoms with Gasteiger partial charge in [0.05, 0.1) is 11.8 Å². The van der Waals surface area contributed by atoms with E-state index in [9.17, 15) is 9.59 Å². The number of carbonyl (C=O) groups excluding carboxylic acids is 2. The third kappa shape index (κ3) is 2.05. The quantitative estimate of drug-likeness (QED) is 0.813. The number of fused-ring (bicyclic) bond motifs is 1. The summed E-state index contributed by atoms with van der Waals surface area (Å²) in [6, 6.07) is 7.87. The molecule has 0 radical (unpaired) electrons. The average molecular weight is 259 g/mol. The molecule has 2 atom stereocenters. The smallest absolute Gasteiger partial charge is 0.232 e. The van der Waals surface area contributed by atoms with Gasteiger partial charge in [-0.15, -0.1) is 0 Å². The monoisotopic (exact) mass is 259 g/mol. The average Bonchev–Trinajstić information content (AvgIpc) is 3.05. The van der Waals surface area contributed by atoms with Crippen LogP contribution in [0.5, 0.6) is 0 Å². The lowest BCUT2D eigenvalue weighted by molar-refractivity contribution is -0.131. The van der Waals surface area contributed by atoms with Crippen LogP contribution in [0.3, 0.4) is 0 Å². The summed E-state index contributed by atoms with van der Waals surface area (Å²) in [4.78, 5) is 25.4. The number of nitrogens with zero attached hydrogens (tertiary/aromatic N) is 1. The SMILES string of the molecule is NC(=O)C1CCN(C(=O)C2CNc3ccccc32)C1. The Labute approximate surface area is 111 Å². The van der Waals surface area contributed by atoms with Crippen molar-refractivity contribution in [1.29, 1.82) is 0 Å². The maximum Gasteiger partial charge on any atom is 0.232 e. The van der Waals surface area contributed by atoms with Gasteiger partial charge < -0.3 is 16.0 Å². The Hall–Kier alpha value is -2.04. The van der Waals surface area contributed by atoms with Crippen LogP contribution < -0.4 is 11.1 Å². The van der Waals surface area contributed by atoms with Crippen LogP contribution in [0.4, 0.5) is 5.69 Å².